The van der Waals surface area contributed by atoms with Gasteiger partial charge in [0.15, 0.2) is 11.6 Å². The van der Waals surface area contributed by atoms with Crippen LogP contribution in [0.3, 0.4) is 0 Å². The summed E-state index contributed by atoms with van der Waals surface area (Å²) in [4.78, 5) is 13.9. The third kappa shape index (κ3) is 5.20. The monoisotopic (exact) mass is 342 g/mol. The first-order valence-electron chi connectivity index (χ1n) is 7.78. The number of nitrogens with one attached hydrogen (secondary N) is 1. The van der Waals surface area contributed by atoms with Crippen LogP contribution in [0.1, 0.15) is 19.4 Å². The molecule has 0 aromatic heterocycles. The number of halogens is 1. The Morgan fingerprint density at radius 1 is 1.52 bits per heavy atom. The largest absolute Gasteiger partial charge is 0.491 e. The summed E-state index contributed by atoms with van der Waals surface area (Å²) in [6.45, 7) is 5.52. The zero-order chi connectivity index (χ0) is 16.8. The van der Waals surface area contributed by atoms with Gasteiger partial charge < -0.3 is 15.0 Å². The SMILES string of the molecule is CCOc1ccc(CNC(=O)N2CC[S@@](=O)C[C@H](C)C2)cc1F. The number of hydrogen-bond donors (Lipinski definition) is 1. The first-order chi connectivity index (χ1) is 11.0. The lowest BCUT2D eigenvalue weighted by Gasteiger charge is -2.22. The van der Waals surface area contributed by atoms with Gasteiger partial charge >= 0.3 is 6.03 Å². The average molecular weight is 342 g/mol. The van der Waals surface area contributed by atoms with Gasteiger partial charge in [0.05, 0.1) is 6.61 Å². The second kappa shape index (κ2) is 8.29. The molecule has 1 heterocycles. The summed E-state index contributed by atoms with van der Waals surface area (Å²) in [6.07, 6.45) is 0. The minimum absolute atomic E-state index is 0.204. The molecule has 0 spiro atoms. The van der Waals surface area contributed by atoms with Crippen molar-refractivity contribution in [3.05, 3.63) is 29.6 Å². The summed E-state index contributed by atoms with van der Waals surface area (Å²) in [6, 6.07) is 4.46. The third-order valence-corrected chi connectivity index (χ3v) is 5.20. The molecule has 5 nitrogen and oxygen atoms in total. The van der Waals surface area contributed by atoms with E-state index in [0.717, 1.165) is 0 Å². The van der Waals surface area contributed by atoms with E-state index in [-0.39, 0.29) is 24.2 Å². The number of benzene rings is 1. The highest BCUT2D eigenvalue weighted by atomic mass is 32.2. The molecule has 1 saturated heterocycles. The number of rotatable bonds is 4. The van der Waals surface area contributed by atoms with Crippen LogP contribution in [0.4, 0.5) is 9.18 Å². The Bertz CT molecular complexity index is 582. The molecule has 0 bridgehead atoms. The maximum atomic E-state index is 13.8. The molecule has 128 valence electrons. The third-order valence-electron chi connectivity index (χ3n) is 3.62. The van der Waals surface area contributed by atoms with Crippen LogP contribution in [-0.4, -0.2) is 46.3 Å². The first kappa shape index (κ1) is 17.7. The number of carbonyl (C=O) groups is 1. The Balaban J connectivity index is 1.91. The van der Waals surface area contributed by atoms with Crippen molar-refractivity contribution in [3.8, 4) is 5.75 Å². The highest BCUT2D eigenvalue weighted by Gasteiger charge is 2.22. The smallest absolute Gasteiger partial charge is 0.317 e. The molecule has 1 N–H and O–H groups in total. The van der Waals surface area contributed by atoms with E-state index in [1.54, 1.807) is 24.0 Å². The van der Waals surface area contributed by atoms with Crippen molar-refractivity contribution in [3.63, 3.8) is 0 Å². The van der Waals surface area contributed by atoms with E-state index >= 15 is 0 Å². The Hall–Kier alpha value is -1.63. The van der Waals surface area contributed by atoms with Gasteiger partial charge in [-0.15, -0.1) is 0 Å². The predicted molar refractivity (Wildman–Crippen MR) is 88.4 cm³/mol. The fourth-order valence-corrected chi connectivity index (χ4v) is 3.86. The number of amides is 2. The van der Waals surface area contributed by atoms with Gasteiger partial charge in [0.1, 0.15) is 0 Å². The summed E-state index contributed by atoms with van der Waals surface area (Å²) in [5.74, 6) is 1.14. The van der Waals surface area contributed by atoms with E-state index in [4.69, 9.17) is 4.74 Å². The molecule has 2 atom stereocenters. The van der Waals surface area contributed by atoms with Crippen molar-refractivity contribution in [2.45, 2.75) is 20.4 Å². The summed E-state index contributed by atoms with van der Waals surface area (Å²) in [7, 11) is -0.858. The second-order valence-electron chi connectivity index (χ2n) is 5.72. The van der Waals surface area contributed by atoms with Gasteiger partial charge in [0.25, 0.3) is 0 Å². The number of hydrogen-bond acceptors (Lipinski definition) is 3. The molecular formula is C16H23FN2O3S. The van der Waals surface area contributed by atoms with E-state index in [2.05, 4.69) is 5.32 Å². The van der Waals surface area contributed by atoms with Crippen molar-refractivity contribution in [1.82, 2.24) is 10.2 Å². The van der Waals surface area contributed by atoms with E-state index in [1.807, 2.05) is 6.92 Å². The van der Waals surface area contributed by atoms with Gasteiger partial charge in [-0.2, -0.15) is 0 Å². The van der Waals surface area contributed by atoms with Gasteiger partial charge in [0, 0.05) is 41.9 Å². The fourth-order valence-electron chi connectivity index (χ4n) is 2.53. The molecule has 2 rings (SSSR count). The highest BCUT2D eigenvalue weighted by molar-refractivity contribution is 7.85. The summed E-state index contributed by atoms with van der Waals surface area (Å²) < 4.78 is 30.6. The molecule has 23 heavy (non-hydrogen) atoms. The molecule has 0 aliphatic carbocycles. The molecule has 2 amide bonds. The lowest BCUT2D eigenvalue weighted by Crippen LogP contribution is -2.42. The number of urea groups is 1. The van der Waals surface area contributed by atoms with Crippen LogP contribution in [0, 0.1) is 11.7 Å². The molecule has 1 aromatic carbocycles. The maximum absolute atomic E-state index is 13.8. The standard InChI is InChI=1S/C16H23FN2O3S/c1-3-22-15-5-4-13(8-14(15)17)9-18-16(20)19-6-7-23(21)11-12(2)10-19/h4-5,8,12H,3,6-7,9-11H2,1-2H3,(H,18,20)/t12-,23-/m1/s1. The average Bonchev–Trinajstić information content (AvgIpc) is 2.68. The van der Waals surface area contributed by atoms with Crippen molar-refractivity contribution in [2.24, 2.45) is 5.92 Å². The Kier molecular flexibility index (Phi) is 6.38. The van der Waals surface area contributed by atoms with E-state index in [0.29, 0.717) is 36.8 Å². The molecule has 1 aliphatic rings. The maximum Gasteiger partial charge on any atom is 0.317 e. The van der Waals surface area contributed by atoms with Crippen LogP contribution in [-0.2, 0) is 17.3 Å². The minimum atomic E-state index is -0.858. The lowest BCUT2D eigenvalue weighted by atomic mass is 10.2. The van der Waals surface area contributed by atoms with Crippen molar-refractivity contribution < 1.29 is 18.1 Å². The predicted octanol–water partition coefficient (Wildman–Crippen LogP) is 2.13. The van der Waals surface area contributed by atoms with E-state index in [1.165, 1.54) is 6.07 Å². The van der Waals surface area contributed by atoms with Crippen molar-refractivity contribution in [2.75, 3.05) is 31.2 Å². The van der Waals surface area contributed by atoms with E-state index in [9.17, 15) is 13.4 Å². The van der Waals surface area contributed by atoms with E-state index < -0.39 is 16.6 Å². The van der Waals surface area contributed by atoms with Gasteiger partial charge in [-0.05, 0) is 30.5 Å². The number of nitrogens with zero attached hydrogens (tertiary/aromatic N) is 1. The lowest BCUT2D eigenvalue weighted by molar-refractivity contribution is 0.195. The van der Waals surface area contributed by atoms with Gasteiger partial charge in [0.2, 0.25) is 0 Å². The van der Waals surface area contributed by atoms with Crippen molar-refractivity contribution >= 4 is 16.8 Å². The van der Waals surface area contributed by atoms with Crippen LogP contribution in [0.15, 0.2) is 18.2 Å². The number of ether oxygens (including phenoxy) is 1. The van der Waals surface area contributed by atoms with Crippen LogP contribution in [0.5, 0.6) is 5.75 Å². The van der Waals surface area contributed by atoms with Crippen LogP contribution in [0.25, 0.3) is 0 Å². The van der Waals surface area contributed by atoms with Crippen molar-refractivity contribution in [1.29, 1.82) is 0 Å². The van der Waals surface area contributed by atoms with Crippen LogP contribution < -0.4 is 10.1 Å². The van der Waals surface area contributed by atoms with Crippen LogP contribution >= 0.6 is 0 Å². The molecule has 0 unspecified atom stereocenters. The zero-order valence-corrected chi connectivity index (χ0v) is 14.3. The zero-order valence-electron chi connectivity index (χ0n) is 13.5. The Labute approximate surface area is 138 Å². The first-order valence-corrected chi connectivity index (χ1v) is 9.27. The van der Waals surface area contributed by atoms with Crippen LogP contribution in [0.2, 0.25) is 0 Å². The molecule has 7 heteroatoms. The summed E-state index contributed by atoms with van der Waals surface area (Å²) >= 11 is 0. The number of carbonyl (C=O) groups excluding carboxylic acids is 1. The molecule has 0 radical (unpaired) electrons. The highest BCUT2D eigenvalue weighted by Crippen LogP contribution is 2.18. The van der Waals surface area contributed by atoms with Gasteiger partial charge in [-0.25, -0.2) is 9.18 Å². The Morgan fingerprint density at radius 2 is 2.30 bits per heavy atom. The topological polar surface area (TPSA) is 58.6 Å². The summed E-state index contributed by atoms with van der Waals surface area (Å²) in [5, 5.41) is 2.79. The second-order valence-corrected chi connectivity index (χ2v) is 7.34. The fraction of sp³-hybridized carbons (Fsp3) is 0.562. The molecule has 1 fully saturated rings. The molecule has 1 aliphatic heterocycles. The minimum Gasteiger partial charge on any atom is -0.491 e. The quantitative estimate of drug-likeness (QED) is 0.912. The normalized spacial score (nSPS) is 21.6. The summed E-state index contributed by atoms with van der Waals surface area (Å²) in [5.41, 5.74) is 0.672. The molecule has 1 aromatic rings. The van der Waals surface area contributed by atoms with Gasteiger partial charge in [-0.1, -0.05) is 13.0 Å². The van der Waals surface area contributed by atoms with Gasteiger partial charge in [-0.3, -0.25) is 4.21 Å². The molecular weight excluding hydrogens is 319 g/mol. The Morgan fingerprint density at radius 3 is 3.00 bits per heavy atom. The molecule has 0 saturated carbocycles.